The largest absolute Gasteiger partial charge is 0.482 e. The summed E-state index contributed by atoms with van der Waals surface area (Å²) in [6.07, 6.45) is 5.03. The van der Waals surface area contributed by atoms with E-state index in [0.717, 1.165) is 34.2 Å². The molecule has 44 heavy (non-hydrogen) atoms. The number of hydrogen-bond acceptors (Lipinski definition) is 5. The zero-order chi connectivity index (χ0) is 31.2. The molecule has 0 N–H and O–H groups in total. The van der Waals surface area contributed by atoms with Crippen LogP contribution < -0.4 is 4.74 Å². The van der Waals surface area contributed by atoms with Crippen LogP contribution in [0.15, 0.2) is 109 Å². The van der Waals surface area contributed by atoms with E-state index in [4.69, 9.17) is 4.74 Å². The minimum Gasteiger partial charge on any atom is -0.482 e. The van der Waals surface area contributed by atoms with Crippen molar-refractivity contribution < 1.29 is 22.7 Å². The molecule has 0 saturated heterocycles. The van der Waals surface area contributed by atoms with Crippen molar-refractivity contribution in [1.29, 1.82) is 0 Å². The van der Waals surface area contributed by atoms with Gasteiger partial charge in [0.1, 0.15) is 5.75 Å². The highest BCUT2D eigenvalue weighted by Crippen LogP contribution is 2.20. The van der Waals surface area contributed by atoms with E-state index in [-0.39, 0.29) is 19.7 Å². The van der Waals surface area contributed by atoms with Gasteiger partial charge in [-0.2, -0.15) is 4.31 Å². The number of carbonyl (C=O) groups excluding carboxylic acids is 1. The number of nitrogens with zero attached hydrogens (tertiary/aromatic N) is 1. The van der Waals surface area contributed by atoms with E-state index in [2.05, 4.69) is 47.8 Å². The Morgan fingerprint density at radius 3 is 1.86 bits per heavy atom. The minimum atomic E-state index is -3.79. The van der Waals surface area contributed by atoms with Crippen molar-refractivity contribution in [3.05, 3.63) is 142 Å². The maximum atomic E-state index is 13.5. The third-order valence-electron chi connectivity index (χ3n) is 6.90. The lowest BCUT2D eigenvalue weighted by atomic mass is 10.1. The van der Waals surface area contributed by atoms with Crippen LogP contribution in [0.3, 0.4) is 0 Å². The Kier molecular flexibility index (Phi) is 11.9. The first-order valence-corrected chi connectivity index (χ1v) is 16.1. The lowest BCUT2D eigenvalue weighted by Gasteiger charge is -2.21. The van der Waals surface area contributed by atoms with Crippen LogP contribution >= 0.6 is 0 Å². The third kappa shape index (κ3) is 10.3. The second kappa shape index (κ2) is 16.3. The van der Waals surface area contributed by atoms with Gasteiger partial charge in [0, 0.05) is 29.6 Å². The molecule has 4 rings (SSSR count). The molecule has 0 bridgehead atoms. The van der Waals surface area contributed by atoms with Crippen LogP contribution in [0.5, 0.6) is 5.75 Å². The number of benzene rings is 4. The number of esters is 1. The van der Waals surface area contributed by atoms with Crippen LogP contribution in [0.1, 0.15) is 53.1 Å². The molecule has 0 heterocycles. The first-order chi connectivity index (χ1) is 21.3. The molecule has 0 fully saturated rings. The molecule has 0 unspecified atom stereocenters. The van der Waals surface area contributed by atoms with E-state index < -0.39 is 16.0 Å². The summed E-state index contributed by atoms with van der Waals surface area (Å²) in [6, 6.07) is 32.3. The maximum Gasteiger partial charge on any atom is 0.343 e. The molecule has 4 aromatic carbocycles. The molecule has 0 amide bonds. The Morgan fingerprint density at radius 1 is 0.773 bits per heavy atom. The SMILES string of the molecule is CCCCc1ccc(C#Cc2ccc(CN(Cc3ccc(OCC(=O)OC)cc3)S(=O)(=O)/C=C/c3ccccc3)cc2)cc1. The molecule has 0 spiro atoms. The van der Waals surface area contributed by atoms with Crippen LogP contribution in [0.2, 0.25) is 0 Å². The highest BCUT2D eigenvalue weighted by atomic mass is 32.2. The lowest BCUT2D eigenvalue weighted by molar-refractivity contribution is -0.142. The molecule has 4 aromatic rings. The number of ether oxygens (including phenoxy) is 2. The standard InChI is InChI=1S/C37H37NO5S/c1-3-4-8-31-11-13-32(14-12-31)15-16-33-17-19-34(20-18-33)27-38(44(40,41)26-25-30-9-6-5-7-10-30)28-35-21-23-36(24-22-35)43-29-37(39)42-2/h5-7,9-14,17-26H,3-4,8,27-29H2,1-2H3/b26-25+. The van der Waals surface area contributed by atoms with Gasteiger partial charge in [0.15, 0.2) is 6.61 Å². The van der Waals surface area contributed by atoms with Gasteiger partial charge in [-0.25, -0.2) is 13.2 Å². The molecular formula is C37H37NO5S. The van der Waals surface area contributed by atoms with Crippen molar-refractivity contribution in [2.24, 2.45) is 0 Å². The quantitative estimate of drug-likeness (QED) is 0.121. The Hall–Kier alpha value is -4.64. The third-order valence-corrected chi connectivity index (χ3v) is 8.35. The van der Waals surface area contributed by atoms with Crippen LogP contribution in [0.4, 0.5) is 0 Å². The van der Waals surface area contributed by atoms with Crippen molar-refractivity contribution in [1.82, 2.24) is 4.31 Å². The van der Waals surface area contributed by atoms with Crippen LogP contribution in [-0.4, -0.2) is 32.4 Å². The van der Waals surface area contributed by atoms with Crippen molar-refractivity contribution in [2.75, 3.05) is 13.7 Å². The van der Waals surface area contributed by atoms with Gasteiger partial charge in [0.05, 0.1) is 7.11 Å². The van der Waals surface area contributed by atoms with Gasteiger partial charge in [0.25, 0.3) is 0 Å². The molecule has 0 radical (unpaired) electrons. The summed E-state index contributed by atoms with van der Waals surface area (Å²) in [5.41, 5.74) is 5.54. The fourth-order valence-electron chi connectivity index (χ4n) is 4.32. The van der Waals surface area contributed by atoms with Crippen molar-refractivity contribution in [3.8, 4) is 17.6 Å². The number of aryl methyl sites for hydroxylation is 1. The fourth-order valence-corrected chi connectivity index (χ4v) is 5.48. The molecule has 0 atom stereocenters. The number of rotatable bonds is 13. The zero-order valence-corrected chi connectivity index (χ0v) is 25.9. The van der Waals surface area contributed by atoms with Gasteiger partial charge in [-0.3, -0.25) is 0 Å². The number of sulfonamides is 1. The smallest absolute Gasteiger partial charge is 0.343 e. The second-order valence-corrected chi connectivity index (χ2v) is 12.1. The molecule has 0 aliphatic rings. The van der Waals surface area contributed by atoms with E-state index in [0.29, 0.717) is 5.75 Å². The second-order valence-electron chi connectivity index (χ2n) is 10.3. The highest BCUT2D eigenvalue weighted by molar-refractivity contribution is 7.92. The number of carbonyl (C=O) groups is 1. The number of methoxy groups -OCH3 is 1. The molecule has 0 aliphatic heterocycles. The van der Waals surface area contributed by atoms with Gasteiger partial charge in [-0.05, 0) is 77.6 Å². The lowest BCUT2D eigenvalue weighted by Crippen LogP contribution is -2.28. The summed E-state index contributed by atoms with van der Waals surface area (Å²) in [7, 11) is -2.49. The molecule has 0 saturated carbocycles. The van der Waals surface area contributed by atoms with Gasteiger partial charge in [-0.1, -0.05) is 91.9 Å². The predicted octanol–water partition coefficient (Wildman–Crippen LogP) is 6.98. The maximum absolute atomic E-state index is 13.5. The zero-order valence-electron chi connectivity index (χ0n) is 25.1. The molecular weight excluding hydrogens is 570 g/mol. The van der Waals surface area contributed by atoms with Gasteiger partial charge in [0.2, 0.25) is 10.0 Å². The van der Waals surface area contributed by atoms with Crippen LogP contribution in [0, 0.1) is 11.8 Å². The fraction of sp³-hybridized carbons (Fsp3) is 0.216. The summed E-state index contributed by atoms with van der Waals surface area (Å²) in [5.74, 6) is 6.43. The molecule has 226 valence electrons. The first kappa shape index (κ1) is 32.3. The number of hydrogen-bond donors (Lipinski definition) is 0. The van der Waals surface area contributed by atoms with Crippen molar-refractivity contribution in [3.63, 3.8) is 0 Å². The Bertz CT molecular complexity index is 1680. The van der Waals surface area contributed by atoms with E-state index in [1.54, 1.807) is 30.3 Å². The Balaban J connectivity index is 1.49. The molecule has 7 heteroatoms. The summed E-state index contributed by atoms with van der Waals surface area (Å²) >= 11 is 0. The molecule has 0 aliphatic carbocycles. The minimum absolute atomic E-state index is 0.147. The summed E-state index contributed by atoms with van der Waals surface area (Å²) < 4.78 is 38.5. The topological polar surface area (TPSA) is 72.9 Å². The molecule has 6 nitrogen and oxygen atoms in total. The van der Waals surface area contributed by atoms with E-state index in [1.165, 1.54) is 35.2 Å². The van der Waals surface area contributed by atoms with Crippen molar-refractivity contribution in [2.45, 2.75) is 39.3 Å². The van der Waals surface area contributed by atoms with Crippen LogP contribution in [-0.2, 0) is 39.1 Å². The highest BCUT2D eigenvalue weighted by Gasteiger charge is 2.20. The van der Waals surface area contributed by atoms with Crippen molar-refractivity contribution >= 4 is 22.1 Å². The van der Waals surface area contributed by atoms with Gasteiger partial charge >= 0.3 is 5.97 Å². The monoisotopic (exact) mass is 607 g/mol. The summed E-state index contributed by atoms with van der Waals surface area (Å²) in [6.45, 7) is 2.31. The van der Waals surface area contributed by atoms with Gasteiger partial charge in [-0.15, -0.1) is 0 Å². The summed E-state index contributed by atoms with van der Waals surface area (Å²) in [5, 5.41) is 1.24. The normalized spacial score (nSPS) is 11.2. The number of unbranched alkanes of at least 4 members (excludes halogenated alkanes) is 1. The Labute approximate surface area is 261 Å². The van der Waals surface area contributed by atoms with Gasteiger partial charge < -0.3 is 9.47 Å². The average Bonchev–Trinajstić information content (AvgIpc) is 3.06. The average molecular weight is 608 g/mol. The van der Waals surface area contributed by atoms with E-state index in [1.807, 2.05) is 54.6 Å². The van der Waals surface area contributed by atoms with E-state index >= 15 is 0 Å². The first-order valence-electron chi connectivity index (χ1n) is 14.6. The predicted molar refractivity (Wildman–Crippen MR) is 175 cm³/mol. The Morgan fingerprint density at radius 2 is 1.32 bits per heavy atom. The van der Waals surface area contributed by atoms with E-state index in [9.17, 15) is 13.2 Å². The molecule has 0 aromatic heterocycles. The summed E-state index contributed by atoms with van der Waals surface area (Å²) in [4.78, 5) is 11.4. The van der Waals surface area contributed by atoms with Crippen LogP contribution in [0.25, 0.3) is 6.08 Å².